The molecule has 2 aliphatic rings. The highest BCUT2D eigenvalue weighted by molar-refractivity contribution is 5.96. The molecule has 0 unspecified atom stereocenters. The zero-order valence-corrected chi connectivity index (χ0v) is 20.9. The van der Waals surface area contributed by atoms with Crippen molar-refractivity contribution in [2.45, 2.75) is 6.10 Å². The van der Waals surface area contributed by atoms with Gasteiger partial charge in [0.25, 0.3) is 11.8 Å². The van der Waals surface area contributed by atoms with Crippen molar-refractivity contribution in [3.8, 4) is 17.2 Å². The number of amides is 2. The van der Waals surface area contributed by atoms with Gasteiger partial charge in [0.2, 0.25) is 5.75 Å². The van der Waals surface area contributed by atoms with Crippen molar-refractivity contribution in [2.24, 2.45) is 0 Å². The van der Waals surface area contributed by atoms with Crippen LogP contribution in [0.15, 0.2) is 36.4 Å². The van der Waals surface area contributed by atoms with E-state index in [-0.39, 0.29) is 17.9 Å². The summed E-state index contributed by atoms with van der Waals surface area (Å²) < 4.78 is 35.5. The van der Waals surface area contributed by atoms with Crippen molar-refractivity contribution >= 4 is 11.8 Å². The molecule has 36 heavy (non-hydrogen) atoms. The maximum Gasteiger partial charge on any atom is 0.254 e. The molecule has 2 heterocycles. The Bertz CT molecular complexity index is 1060. The largest absolute Gasteiger partial charge is 0.493 e. The van der Waals surface area contributed by atoms with Gasteiger partial charge < -0.3 is 28.7 Å². The molecule has 194 valence electrons. The van der Waals surface area contributed by atoms with E-state index in [4.69, 9.17) is 18.9 Å². The fraction of sp³-hybridized carbons (Fsp3) is 0.462. The number of nitrogens with zero attached hydrogens (tertiary/aromatic N) is 3. The lowest BCUT2D eigenvalue weighted by atomic mass is 10.1. The number of carbonyl (C=O) groups excluding carboxylic acids is 2. The number of rotatable bonds is 7. The van der Waals surface area contributed by atoms with Crippen LogP contribution in [-0.2, 0) is 4.74 Å². The molecule has 0 radical (unpaired) electrons. The summed E-state index contributed by atoms with van der Waals surface area (Å²) in [5, 5.41) is 0. The third-order valence-corrected chi connectivity index (χ3v) is 6.53. The summed E-state index contributed by atoms with van der Waals surface area (Å²) in [5.74, 6) is 0.595. The van der Waals surface area contributed by atoms with Crippen LogP contribution in [0.4, 0.5) is 4.39 Å². The number of ether oxygens (including phenoxy) is 4. The van der Waals surface area contributed by atoms with Gasteiger partial charge in [0.15, 0.2) is 11.5 Å². The second-order valence-corrected chi connectivity index (χ2v) is 8.76. The van der Waals surface area contributed by atoms with E-state index in [0.29, 0.717) is 80.8 Å². The van der Waals surface area contributed by atoms with Gasteiger partial charge in [-0.25, -0.2) is 4.39 Å². The normalized spacial score (nSPS) is 18.6. The van der Waals surface area contributed by atoms with Gasteiger partial charge in [-0.05, 0) is 30.3 Å². The van der Waals surface area contributed by atoms with Crippen LogP contribution in [0.1, 0.15) is 20.7 Å². The molecule has 0 bridgehead atoms. The van der Waals surface area contributed by atoms with Gasteiger partial charge in [0, 0.05) is 56.9 Å². The Labute approximate surface area is 210 Å². The number of methoxy groups -OCH3 is 3. The first-order valence-corrected chi connectivity index (χ1v) is 11.9. The average molecular weight is 502 g/mol. The second kappa shape index (κ2) is 11.6. The minimum absolute atomic E-state index is 0.102. The molecule has 2 fully saturated rings. The van der Waals surface area contributed by atoms with E-state index < -0.39 is 5.82 Å². The van der Waals surface area contributed by atoms with Crippen LogP contribution in [0.5, 0.6) is 17.2 Å². The minimum Gasteiger partial charge on any atom is -0.493 e. The van der Waals surface area contributed by atoms with Crippen molar-refractivity contribution in [1.82, 2.24) is 14.7 Å². The van der Waals surface area contributed by atoms with Gasteiger partial charge in [0.05, 0.1) is 34.0 Å². The summed E-state index contributed by atoms with van der Waals surface area (Å²) in [6.07, 6.45) is -0.145. The monoisotopic (exact) mass is 501 g/mol. The fourth-order valence-electron chi connectivity index (χ4n) is 4.63. The zero-order chi connectivity index (χ0) is 25.7. The quantitative estimate of drug-likeness (QED) is 0.575. The van der Waals surface area contributed by atoms with Crippen molar-refractivity contribution in [3.05, 3.63) is 53.3 Å². The van der Waals surface area contributed by atoms with Crippen molar-refractivity contribution in [1.29, 1.82) is 0 Å². The number of hydrogen-bond donors (Lipinski definition) is 0. The molecule has 2 aromatic rings. The fourth-order valence-corrected chi connectivity index (χ4v) is 4.63. The lowest BCUT2D eigenvalue weighted by Crippen LogP contribution is -2.54. The van der Waals surface area contributed by atoms with Crippen LogP contribution < -0.4 is 14.2 Å². The van der Waals surface area contributed by atoms with Gasteiger partial charge >= 0.3 is 0 Å². The standard InChI is InChI=1S/C26H32FN3O6/c1-33-22-14-19(15-23(34-2)24(22)35-3)26(32)29-9-7-28(8-10-29)16-21-17-30(11-12-36-21)25(31)18-5-4-6-20(27)13-18/h4-6,13-15,21H,7-12,16-17H2,1-3H3/t21-/m0/s1. The van der Waals surface area contributed by atoms with Gasteiger partial charge in [-0.3, -0.25) is 14.5 Å². The van der Waals surface area contributed by atoms with E-state index in [0.717, 1.165) is 0 Å². The molecular weight excluding hydrogens is 469 g/mol. The van der Waals surface area contributed by atoms with Gasteiger partial charge in [-0.1, -0.05) is 6.07 Å². The molecule has 0 spiro atoms. The smallest absolute Gasteiger partial charge is 0.254 e. The topological polar surface area (TPSA) is 80.8 Å². The molecular formula is C26H32FN3O6. The van der Waals surface area contributed by atoms with Gasteiger partial charge in [-0.2, -0.15) is 0 Å². The van der Waals surface area contributed by atoms with E-state index in [1.807, 2.05) is 0 Å². The van der Waals surface area contributed by atoms with Gasteiger partial charge in [0.1, 0.15) is 5.82 Å². The molecule has 10 heteroatoms. The summed E-state index contributed by atoms with van der Waals surface area (Å²) in [7, 11) is 4.56. The lowest BCUT2D eigenvalue weighted by molar-refractivity contribution is -0.0400. The van der Waals surface area contributed by atoms with Crippen molar-refractivity contribution in [2.75, 3.05) is 73.7 Å². The van der Waals surface area contributed by atoms with Crippen molar-refractivity contribution < 1.29 is 32.9 Å². The Balaban J connectivity index is 1.32. The van der Waals surface area contributed by atoms with E-state index in [2.05, 4.69) is 4.90 Å². The van der Waals surface area contributed by atoms with E-state index in [9.17, 15) is 14.0 Å². The summed E-state index contributed by atoms with van der Waals surface area (Å²) in [6, 6.07) is 9.08. The Morgan fingerprint density at radius 2 is 1.56 bits per heavy atom. The van der Waals surface area contributed by atoms with Crippen molar-refractivity contribution in [3.63, 3.8) is 0 Å². The molecule has 2 aromatic carbocycles. The molecule has 0 saturated carbocycles. The minimum atomic E-state index is -0.426. The molecule has 0 N–H and O–H groups in total. The molecule has 1 atom stereocenters. The molecule has 2 saturated heterocycles. The highest BCUT2D eigenvalue weighted by Crippen LogP contribution is 2.38. The van der Waals surface area contributed by atoms with Gasteiger partial charge in [-0.15, -0.1) is 0 Å². The number of benzene rings is 2. The maximum absolute atomic E-state index is 13.5. The first kappa shape index (κ1) is 25.7. The third-order valence-electron chi connectivity index (χ3n) is 6.53. The second-order valence-electron chi connectivity index (χ2n) is 8.76. The van der Waals surface area contributed by atoms with Crippen LogP contribution in [0.3, 0.4) is 0 Å². The van der Waals surface area contributed by atoms with E-state index in [1.165, 1.54) is 33.5 Å². The lowest BCUT2D eigenvalue weighted by Gasteiger charge is -2.39. The summed E-state index contributed by atoms with van der Waals surface area (Å²) in [4.78, 5) is 31.7. The van der Waals surface area contributed by atoms with Crippen LogP contribution in [0.25, 0.3) is 0 Å². The van der Waals surface area contributed by atoms with E-state index in [1.54, 1.807) is 34.1 Å². The molecule has 0 aliphatic carbocycles. The predicted octanol–water partition coefficient (Wildman–Crippen LogP) is 2.15. The summed E-state index contributed by atoms with van der Waals surface area (Å²) in [5.41, 5.74) is 0.814. The Morgan fingerprint density at radius 1 is 0.889 bits per heavy atom. The molecule has 2 aliphatic heterocycles. The third kappa shape index (κ3) is 5.71. The number of halogens is 1. The molecule has 0 aromatic heterocycles. The summed E-state index contributed by atoms with van der Waals surface area (Å²) >= 11 is 0. The molecule has 2 amide bonds. The van der Waals surface area contributed by atoms with Crippen LogP contribution in [-0.4, -0.2) is 106 Å². The Morgan fingerprint density at radius 3 is 2.17 bits per heavy atom. The molecule has 9 nitrogen and oxygen atoms in total. The average Bonchev–Trinajstić information content (AvgIpc) is 2.92. The highest BCUT2D eigenvalue weighted by Gasteiger charge is 2.29. The van der Waals surface area contributed by atoms with Crippen LogP contribution in [0, 0.1) is 5.82 Å². The number of carbonyl (C=O) groups is 2. The number of piperazine rings is 1. The number of hydrogen-bond acceptors (Lipinski definition) is 7. The highest BCUT2D eigenvalue weighted by atomic mass is 19.1. The molecule has 4 rings (SSSR count). The maximum atomic E-state index is 13.5. The number of morpholine rings is 1. The summed E-state index contributed by atoms with van der Waals surface area (Å²) in [6.45, 7) is 4.51. The van der Waals surface area contributed by atoms with E-state index >= 15 is 0 Å². The Kier molecular flexibility index (Phi) is 8.27. The van der Waals surface area contributed by atoms with Crippen LogP contribution in [0.2, 0.25) is 0 Å². The Hall–Kier alpha value is -3.37. The SMILES string of the molecule is COc1cc(C(=O)N2CCN(C[C@H]3CN(C(=O)c4cccc(F)c4)CCO3)CC2)cc(OC)c1OC. The first-order chi connectivity index (χ1) is 17.4. The first-order valence-electron chi connectivity index (χ1n) is 11.9. The predicted molar refractivity (Wildman–Crippen MR) is 130 cm³/mol. The zero-order valence-electron chi connectivity index (χ0n) is 20.9. The van der Waals surface area contributed by atoms with Crippen LogP contribution >= 0.6 is 0 Å².